The van der Waals surface area contributed by atoms with E-state index in [2.05, 4.69) is 10.0 Å². The Hall–Kier alpha value is -4.19. The normalized spacial score (nSPS) is 15.7. The van der Waals surface area contributed by atoms with Crippen LogP contribution in [0.5, 0.6) is 0 Å². The van der Waals surface area contributed by atoms with Gasteiger partial charge in [-0.05, 0) is 79.9 Å². The lowest BCUT2D eigenvalue weighted by Crippen LogP contribution is -2.31. The molecule has 4 aromatic carbocycles. The number of fused-ring (bicyclic) bond motifs is 2. The second kappa shape index (κ2) is 11.1. The number of benzene rings is 4. The summed E-state index contributed by atoms with van der Waals surface area (Å²) in [5, 5.41) is 2.92. The molecule has 2 aliphatic heterocycles. The largest absolute Gasteiger partial charge is 0.370 e. The quantitative estimate of drug-likeness (QED) is 0.243. The summed E-state index contributed by atoms with van der Waals surface area (Å²) in [7, 11) is -8.19. The number of piperidine rings is 1. The Balaban J connectivity index is 1.34. The highest BCUT2D eigenvalue weighted by atomic mass is 35.5. The third kappa shape index (κ3) is 5.39. The molecule has 4 aromatic rings. The van der Waals surface area contributed by atoms with Crippen molar-refractivity contribution in [3.8, 4) is 0 Å². The van der Waals surface area contributed by atoms with E-state index in [1.807, 2.05) is 4.90 Å². The first-order valence-corrected chi connectivity index (χ1v) is 16.9. The van der Waals surface area contributed by atoms with Crippen molar-refractivity contribution in [3.05, 3.63) is 107 Å². The molecule has 2 aliphatic rings. The molecule has 9 nitrogen and oxygen atoms in total. The molecule has 1 saturated heterocycles. The molecule has 0 aliphatic carbocycles. The molecular weight excluding hydrogens is 610 g/mol. The Morgan fingerprint density at radius 1 is 0.814 bits per heavy atom. The van der Waals surface area contributed by atoms with Crippen LogP contribution in [0.1, 0.15) is 45.5 Å². The molecule has 0 bridgehead atoms. The number of anilines is 3. The second-order valence-electron chi connectivity index (χ2n) is 10.3. The molecule has 2 N–H and O–H groups in total. The van der Waals surface area contributed by atoms with Crippen LogP contribution in [0.2, 0.25) is 5.02 Å². The fourth-order valence-corrected chi connectivity index (χ4v) is 8.62. The molecule has 0 radical (unpaired) electrons. The topological polar surface area (TPSA) is 130 Å². The number of carbonyl (C=O) groups excluding carboxylic acids is 2. The predicted molar refractivity (Wildman–Crippen MR) is 164 cm³/mol. The number of para-hydroxylation sites is 1. The number of carbonyl (C=O) groups is 2. The number of amides is 1. The van der Waals surface area contributed by atoms with Gasteiger partial charge in [-0.15, -0.1) is 0 Å². The lowest BCUT2D eigenvalue weighted by atomic mass is 10.0. The average Bonchev–Trinajstić information content (AvgIpc) is 3.01. The van der Waals surface area contributed by atoms with Crippen LogP contribution in [0.4, 0.5) is 17.1 Å². The maximum atomic E-state index is 13.7. The first-order valence-electron chi connectivity index (χ1n) is 13.6. The fraction of sp³-hybridized carbons (Fsp3) is 0.161. The SMILES string of the molecule is O=C(Nc1ccc(N2CCCCC2)c(S(=O)(=O)Nc2ccccc2Cl)c1)c1ccc2c(c1)S(=O)(=O)c1ccccc1C2=O. The van der Waals surface area contributed by atoms with Crippen LogP contribution in [0.25, 0.3) is 0 Å². The van der Waals surface area contributed by atoms with Crippen molar-refractivity contribution in [1.82, 2.24) is 0 Å². The Bertz CT molecular complexity index is 2010. The minimum Gasteiger partial charge on any atom is -0.370 e. The minimum atomic E-state index is -4.14. The molecule has 12 heteroatoms. The minimum absolute atomic E-state index is 0.00628. The zero-order chi connectivity index (χ0) is 30.4. The van der Waals surface area contributed by atoms with Crippen LogP contribution >= 0.6 is 11.6 Å². The standard InChI is InChI=1S/C31H26ClN3O6S2/c32-24-9-3-4-10-25(24)34-43(40,41)29-19-21(13-15-26(29)35-16-6-1-7-17-35)33-31(37)20-12-14-23-28(18-20)42(38,39)27-11-5-2-8-22(27)30(23)36/h2-5,8-15,18-19,34H,1,6-7,16-17H2,(H,33,37). The number of nitrogens with one attached hydrogen (secondary N) is 2. The zero-order valence-corrected chi connectivity index (χ0v) is 25.1. The van der Waals surface area contributed by atoms with Gasteiger partial charge in [-0.3, -0.25) is 14.3 Å². The summed E-state index contributed by atoms with van der Waals surface area (Å²) < 4.78 is 56.6. The van der Waals surface area contributed by atoms with Gasteiger partial charge in [0.2, 0.25) is 9.84 Å². The maximum absolute atomic E-state index is 13.7. The molecule has 43 heavy (non-hydrogen) atoms. The Morgan fingerprint density at radius 3 is 2.28 bits per heavy atom. The number of hydrogen-bond donors (Lipinski definition) is 2. The summed E-state index contributed by atoms with van der Waals surface area (Å²) in [6, 6.07) is 20.9. The average molecular weight is 636 g/mol. The van der Waals surface area contributed by atoms with E-state index >= 15 is 0 Å². The van der Waals surface area contributed by atoms with Crippen LogP contribution < -0.4 is 14.9 Å². The van der Waals surface area contributed by atoms with Crippen molar-refractivity contribution in [2.24, 2.45) is 0 Å². The van der Waals surface area contributed by atoms with Crippen molar-refractivity contribution in [2.75, 3.05) is 28.0 Å². The van der Waals surface area contributed by atoms with Crippen molar-refractivity contribution in [2.45, 2.75) is 33.9 Å². The number of nitrogens with zero attached hydrogens (tertiary/aromatic N) is 1. The van der Waals surface area contributed by atoms with Crippen LogP contribution in [0.15, 0.2) is 99.6 Å². The number of sulfonamides is 1. The van der Waals surface area contributed by atoms with E-state index in [0.717, 1.165) is 19.3 Å². The van der Waals surface area contributed by atoms with Crippen LogP contribution in [0.3, 0.4) is 0 Å². The van der Waals surface area contributed by atoms with Gasteiger partial charge in [0.25, 0.3) is 15.9 Å². The molecule has 0 atom stereocenters. The Labute approximate surface area is 254 Å². The van der Waals surface area contributed by atoms with Gasteiger partial charge in [-0.2, -0.15) is 0 Å². The summed E-state index contributed by atoms with van der Waals surface area (Å²) in [5.41, 5.74) is 0.963. The van der Waals surface area contributed by atoms with Gasteiger partial charge in [0.1, 0.15) is 4.90 Å². The predicted octanol–water partition coefficient (Wildman–Crippen LogP) is 5.76. The van der Waals surface area contributed by atoms with Gasteiger partial charge < -0.3 is 10.2 Å². The summed E-state index contributed by atoms with van der Waals surface area (Å²) in [6.07, 6.45) is 2.90. The first-order chi connectivity index (χ1) is 20.6. The highest BCUT2D eigenvalue weighted by molar-refractivity contribution is 7.93. The summed E-state index contributed by atoms with van der Waals surface area (Å²) in [4.78, 5) is 27.9. The van der Waals surface area contributed by atoms with Gasteiger partial charge >= 0.3 is 0 Å². The van der Waals surface area contributed by atoms with Crippen LogP contribution in [-0.2, 0) is 19.9 Å². The van der Waals surface area contributed by atoms with Crippen LogP contribution in [0, 0.1) is 0 Å². The summed E-state index contributed by atoms with van der Waals surface area (Å²) in [5.74, 6) is -1.11. The Kier molecular flexibility index (Phi) is 7.49. The fourth-order valence-electron chi connectivity index (χ4n) is 5.38. The van der Waals surface area contributed by atoms with E-state index in [0.29, 0.717) is 18.8 Å². The first kappa shape index (κ1) is 28.9. The molecule has 220 valence electrons. The van der Waals surface area contributed by atoms with Gasteiger partial charge in [-0.1, -0.05) is 35.9 Å². The number of halogens is 1. The third-order valence-electron chi connectivity index (χ3n) is 7.52. The summed E-state index contributed by atoms with van der Waals surface area (Å²) >= 11 is 6.22. The van der Waals surface area contributed by atoms with Gasteiger partial charge in [0.05, 0.1) is 26.2 Å². The van der Waals surface area contributed by atoms with E-state index in [-0.39, 0.29) is 47.8 Å². The van der Waals surface area contributed by atoms with E-state index in [4.69, 9.17) is 11.6 Å². The third-order valence-corrected chi connectivity index (χ3v) is 11.1. The van der Waals surface area contributed by atoms with Gasteiger partial charge in [-0.25, -0.2) is 16.8 Å². The lowest BCUT2D eigenvalue weighted by Gasteiger charge is -2.30. The monoisotopic (exact) mass is 635 g/mol. The highest BCUT2D eigenvalue weighted by Gasteiger charge is 2.35. The van der Waals surface area contributed by atoms with Crippen molar-refractivity contribution < 1.29 is 26.4 Å². The summed E-state index contributed by atoms with van der Waals surface area (Å²) in [6.45, 7) is 1.37. The molecule has 1 fully saturated rings. The molecular formula is C31H26ClN3O6S2. The maximum Gasteiger partial charge on any atom is 0.264 e. The lowest BCUT2D eigenvalue weighted by molar-refractivity contribution is 0.101. The van der Waals surface area contributed by atoms with Crippen molar-refractivity contribution >= 4 is 60.2 Å². The molecule has 0 spiro atoms. The number of hydrogen-bond acceptors (Lipinski definition) is 7. The molecule has 1 amide bonds. The highest BCUT2D eigenvalue weighted by Crippen LogP contribution is 2.36. The molecule has 6 rings (SSSR count). The van der Waals surface area contributed by atoms with Crippen molar-refractivity contribution in [1.29, 1.82) is 0 Å². The molecule has 0 unspecified atom stereocenters. The zero-order valence-electron chi connectivity index (χ0n) is 22.7. The van der Waals surface area contributed by atoms with E-state index in [1.165, 1.54) is 42.5 Å². The van der Waals surface area contributed by atoms with E-state index in [1.54, 1.807) is 42.5 Å². The molecule has 2 heterocycles. The van der Waals surface area contributed by atoms with Crippen molar-refractivity contribution in [3.63, 3.8) is 0 Å². The number of ketones is 1. The number of sulfone groups is 1. The van der Waals surface area contributed by atoms with Gasteiger partial charge in [0.15, 0.2) is 5.78 Å². The molecule has 0 aromatic heterocycles. The van der Waals surface area contributed by atoms with E-state index in [9.17, 15) is 26.4 Å². The van der Waals surface area contributed by atoms with E-state index < -0.39 is 31.6 Å². The molecule has 0 saturated carbocycles. The smallest absolute Gasteiger partial charge is 0.264 e. The van der Waals surface area contributed by atoms with Crippen LogP contribution in [-0.4, -0.2) is 41.6 Å². The Morgan fingerprint density at radius 2 is 1.51 bits per heavy atom. The second-order valence-corrected chi connectivity index (χ2v) is 14.3. The van der Waals surface area contributed by atoms with Gasteiger partial charge in [0, 0.05) is 35.5 Å². The number of rotatable bonds is 6.